The minimum Gasteiger partial charge on any atom is -0.387 e. The van der Waals surface area contributed by atoms with Gasteiger partial charge in [0, 0.05) is 11.4 Å². The van der Waals surface area contributed by atoms with Crippen LogP contribution in [0, 0.1) is 5.82 Å². The number of aliphatic hydroxyl groups is 1. The van der Waals surface area contributed by atoms with Crippen LogP contribution in [0.1, 0.15) is 22.0 Å². The third-order valence-corrected chi connectivity index (χ3v) is 4.20. The van der Waals surface area contributed by atoms with Crippen molar-refractivity contribution < 1.29 is 14.3 Å². The van der Waals surface area contributed by atoms with E-state index in [0.29, 0.717) is 5.56 Å². The van der Waals surface area contributed by atoms with Crippen LogP contribution in [0.2, 0.25) is 5.02 Å². The van der Waals surface area contributed by atoms with E-state index in [1.807, 2.05) is 18.4 Å². The van der Waals surface area contributed by atoms with Gasteiger partial charge in [-0.3, -0.25) is 4.79 Å². The van der Waals surface area contributed by atoms with Crippen LogP contribution >= 0.6 is 23.4 Å². The van der Waals surface area contributed by atoms with Gasteiger partial charge in [0.05, 0.1) is 16.7 Å². The second kappa shape index (κ2) is 7.63. The maximum Gasteiger partial charge on any atom is 0.255 e. The second-order valence-corrected chi connectivity index (χ2v) is 5.88. The van der Waals surface area contributed by atoms with Crippen LogP contribution in [-0.2, 0) is 0 Å². The minimum atomic E-state index is -0.870. The molecule has 3 nitrogen and oxygen atoms in total. The molecule has 0 saturated heterocycles. The zero-order valence-corrected chi connectivity index (χ0v) is 13.4. The van der Waals surface area contributed by atoms with Crippen molar-refractivity contribution in [1.29, 1.82) is 0 Å². The summed E-state index contributed by atoms with van der Waals surface area (Å²) in [5.41, 5.74) is 0.465. The van der Waals surface area contributed by atoms with Gasteiger partial charge in [-0.15, -0.1) is 11.8 Å². The number of carbonyl (C=O) groups excluding carboxylic acids is 1. The van der Waals surface area contributed by atoms with Crippen LogP contribution in [0.15, 0.2) is 47.4 Å². The molecule has 0 fully saturated rings. The summed E-state index contributed by atoms with van der Waals surface area (Å²) in [6.45, 7) is -0.0257. The molecule has 6 heteroatoms. The van der Waals surface area contributed by atoms with Gasteiger partial charge in [-0.2, -0.15) is 0 Å². The van der Waals surface area contributed by atoms with Gasteiger partial charge in [0.2, 0.25) is 0 Å². The molecular weight excluding hydrogens is 325 g/mol. The number of hydrogen-bond donors (Lipinski definition) is 2. The molecule has 2 N–H and O–H groups in total. The average molecular weight is 340 g/mol. The number of halogens is 2. The number of amides is 1. The number of rotatable bonds is 5. The van der Waals surface area contributed by atoms with Crippen molar-refractivity contribution in [3.63, 3.8) is 0 Å². The van der Waals surface area contributed by atoms with Crippen molar-refractivity contribution in [1.82, 2.24) is 5.32 Å². The van der Waals surface area contributed by atoms with Crippen LogP contribution in [0.3, 0.4) is 0 Å². The zero-order valence-electron chi connectivity index (χ0n) is 11.8. The molecule has 2 aromatic carbocycles. The van der Waals surface area contributed by atoms with Crippen molar-refractivity contribution in [3.05, 3.63) is 64.4 Å². The van der Waals surface area contributed by atoms with E-state index in [0.717, 1.165) is 4.90 Å². The molecule has 0 heterocycles. The van der Waals surface area contributed by atoms with E-state index in [2.05, 4.69) is 5.32 Å². The predicted octanol–water partition coefficient (Wildman–Crippen LogP) is 3.66. The Labute approximate surface area is 137 Å². The van der Waals surface area contributed by atoms with E-state index < -0.39 is 17.8 Å². The smallest absolute Gasteiger partial charge is 0.255 e. The normalized spacial score (nSPS) is 12.0. The molecule has 0 aliphatic heterocycles. The van der Waals surface area contributed by atoms with Gasteiger partial charge in [0.1, 0.15) is 5.82 Å². The average Bonchev–Trinajstić information content (AvgIpc) is 2.52. The zero-order chi connectivity index (χ0) is 16.1. The van der Waals surface area contributed by atoms with Crippen LogP contribution in [0.25, 0.3) is 0 Å². The number of nitrogens with one attached hydrogen (secondary N) is 1. The Bertz CT molecular complexity index is 643. The monoisotopic (exact) mass is 339 g/mol. The first-order valence-electron chi connectivity index (χ1n) is 6.57. The summed E-state index contributed by atoms with van der Waals surface area (Å²) < 4.78 is 13.6. The number of carbonyl (C=O) groups is 1. The van der Waals surface area contributed by atoms with Gasteiger partial charge in [-0.25, -0.2) is 4.39 Å². The Balaban J connectivity index is 2.01. The number of aliphatic hydroxyl groups excluding tert-OH is 1. The first-order chi connectivity index (χ1) is 10.5. The fourth-order valence-corrected chi connectivity index (χ4v) is 2.59. The number of thioether (sulfide) groups is 1. The highest BCUT2D eigenvalue weighted by Crippen LogP contribution is 2.20. The van der Waals surface area contributed by atoms with Gasteiger partial charge in [-0.05, 0) is 36.1 Å². The Morgan fingerprint density at radius 2 is 2.00 bits per heavy atom. The molecule has 0 aliphatic rings. The maximum atomic E-state index is 13.6. The standard InChI is InChI=1S/C16H15ClFNO2S/c1-22-11-7-5-10(6-8-11)14(20)9-19-16(21)15-12(17)3-2-4-13(15)18/h2-8,14,20H,9H2,1H3,(H,19,21). The Morgan fingerprint density at radius 1 is 1.32 bits per heavy atom. The molecule has 1 unspecified atom stereocenters. The lowest BCUT2D eigenvalue weighted by Crippen LogP contribution is -2.29. The van der Waals surface area contributed by atoms with Crippen LogP contribution in [-0.4, -0.2) is 23.8 Å². The van der Waals surface area contributed by atoms with Crippen LogP contribution in [0.4, 0.5) is 4.39 Å². The maximum absolute atomic E-state index is 13.6. The number of benzene rings is 2. The Hall–Kier alpha value is -1.56. The summed E-state index contributed by atoms with van der Waals surface area (Å²) in [6.07, 6.45) is 1.09. The fourth-order valence-electron chi connectivity index (χ4n) is 1.94. The largest absolute Gasteiger partial charge is 0.387 e. The van der Waals surface area contributed by atoms with E-state index in [1.54, 1.807) is 23.9 Å². The van der Waals surface area contributed by atoms with Crippen LogP contribution in [0.5, 0.6) is 0 Å². The lowest BCUT2D eigenvalue weighted by Gasteiger charge is -2.13. The highest BCUT2D eigenvalue weighted by molar-refractivity contribution is 7.98. The van der Waals surface area contributed by atoms with E-state index in [4.69, 9.17) is 11.6 Å². The first-order valence-corrected chi connectivity index (χ1v) is 8.17. The lowest BCUT2D eigenvalue weighted by atomic mass is 10.1. The van der Waals surface area contributed by atoms with Crippen molar-refractivity contribution in [2.75, 3.05) is 12.8 Å². The summed E-state index contributed by atoms with van der Waals surface area (Å²) >= 11 is 7.42. The van der Waals surface area contributed by atoms with E-state index >= 15 is 0 Å². The summed E-state index contributed by atoms with van der Waals surface area (Å²) in [5, 5.41) is 12.6. The molecule has 1 amide bonds. The van der Waals surface area contributed by atoms with Gasteiger partial charge >= 0.3 is 0 Å². The SMILES string of the molecule is CSc1ccc(C(O)CNC(=O)c2c(F)cccc2Cl)cc1. The lowest BCUT2D eigenvalue weighted by molar-refractivity contribution is 0.0912. The van der Waals surface area contributed by atoms with Gasteiger partial charge in [-0.1, -0.05) is 29.8 Å². The first kappa shape index (κ1) is 16.8. The summed E-state index contributed by atoms with van der Waals surface area (Å²) in [6, 6.07) is 11.4. The highest BCUT2D eigenvalue weighted by atomic mass is 35.5. The highest BCUT2D eigenvalue weighted by Gasteiger charge is 2.17. The summed E-state index contributed by atoms with van der Waals surface area (Å²) in [5.74, 6) is -1.34. The Kier molecular flexibility index (Phi) is 5.83. The molecule has 2 rings (SSSR count). The molecule has 0 saturated carbocycles. The molecule has 0 aromatic heterocycles. The second-order valence-electron chi connectivity index (χ2n) is 4.60. The van der Waals surface area contributed by atoms with Crippen molar-refractivity contribution in [2.24, 2.45) is 0 Å². The molecule has 116 valence electrons. The molecule has 1 atom stereocenters. The van der Waals surface area contributed by atoms with Crippen molar-refractivity contribution in [2.45, 2.75) is 11.0 Å². The minimum absolute atomic E-state index is 0.0257. The van der Waals surface area contributed by atoms with Gasteiger partial charge in [0.25, 0.3) is 5.91 Å². The summed E-state index contributed by atoms with van der Waals surface area (Å²) in [7, 11) is 0. The molecule has 22 heavy (non-hydrogen) atoms. The quantitative estimate of drug-likeness (QED) is 0.817. The van der Waals surface area contributed by atoms with E-state index in [-0.39, 0.29) is 17.1 Å². The Morgan fingerprint density at radius 3 is 2.59 bits per heavy atom. The van der Waals surface area contributed by atoms with Crippen molar-refractivity contribution in [3.8, 4) is 0 Å². The molecule has 0 spiro atoms. The van der Waals surface area contributed by atoms with E-state index in [1.165, 1.54) is 18.2 Å². The van der Waals surface area contributed by atoms with Gasteiger partial charge < -0.3 is 10.4 Å². The number of hydrogen-bond acceptors (Lipinski definition) is 3. The predicted molar refractivity (Wildman–Crippen MR) is 86.9 cm³/mol. The molecular formula is C16H15ClFNO2S. The molecule has 2 aromatic rings. The topological polar surface area (TPSA) is 49.3 Å². The van der Waals surface area contributed by atoms with Gasteiger partial charge in [0.15, 0.2) is 0 Å². The van der Waals surface area contributed by atoms with Crippen molar-refractivity contribution >= 4 is 29.3 Å². The molecule has 0 radical (unpaired) electrons. The van der Waals surface area contributed by atoms with Crippen LogP contribution < -0.4 is 5.32 Å². The molecule has 0 aliphatic carbocycles. The molecule has 0 bridgehead atoms. The summed E-state index contributed by atoms with van der Waals surface area (Å²) in [4.78, 5) is 13.1. The van der Waals surface area contributed by atoms with E-state index in [9.17, 15) is 14.3 Å². The third kappa shape index (κ3) is 4.00. The fraction of sp³-hybridized carbons (Fsp3) is 0.188. The third-order valence-electron chi connectivity index (χ3n) is 3.15.